The highest BCUT2D eigenvalue weighted by Crippen LogP contribution is 2.20. The first-order valence-electron chi connectivity index (χ1n) is 7.77. The molecular weight excluding hydrogens is 278 g/mol. The van der Waals surface area contributed by atoms with Gasteiger partial charge in [-0.1, -0.05) is 0 Å². The Balaban J connectivity index is 1.48. The fourth-order valence-electron chi connectivity index (χ4n) is 2.79. The summed E-state index contributed by atoms with van der Waals surface area (Å²) < 4.78 is 0. The zero-order valence-electron chi connectivity index (χ0n) is 12.5. The molecule has 1 aromatic heterocycles. The van der Waals surface area contributed by atoms with Crippen LogP contribution in [0.5, 0.6) is 0 Å². The predicted molar refractivity (Wildman–Crippen MR) is 85.3 cm³/mol. The first kappa shape index (κ1) is 14.7. The molecule has 0 spiro atoms. The van der Waals surface area contributed by atoms with Crippen LogP contribution in [0.2, 0.25) is 0 Å². The number of piperidine rings is 1. The number of hydrogen-bond acceptors (Lipinski definition) is 4. The van der Waals surface area contributed by atoms with Gasteiger partial charge in [-0.3, -0.25) is 9.89 Å². The third-order valence-corrected chi connectivity index (χ3v) is 4.10. The first-order valence-corrected chi connectivity index (χ1v) is 7.77. The topological polar surface area (TPSA) is 82.7 Å². The number of hydrogen-bond donors (Lipinski definition) is 3. The second kappa shape index (κ2) is 7.17. The molecule has 0 atom stereocenters. The van der Waals surface area contributed by atoms with Gasteiger partial charge < -0.3 is 10.6 Å². The second-order valence-corrected chi connectivity index (χ2v) is 5.69. The standard InChI is InChI=1S/C16H21N5O/c22-15(6-1-12-7-9-17-10-8-12)20-14-4-2-13(3-5-14)16-18-11-19-21-16/h2-5,11-12,17H,1,6-10H2,(H,20,22)(H,18,19,21). The quantitative estimate of drug-likeness (QED) is 0.790. The normalized spacial score (nSPS) is 15.6. The number of benzene rings is 1. The van der Waals surface area contributed by atoms with Crippen molar-refractivity contribution in [2.24, 2.45) is 5.92 Å². The summed E-state index contributed by atoms with van der Waals surface area (Å²) in [5, 5.41) is 12.9. The highest BCUT2D eigenvalue weighted by molar-refractivity contribution is 5.90. The van der Waals surface area contributed by atoms with E-state index >= 15 is 0 Å². The number of rotatable bonds is 5. The Labute approximate surface area is 129 Å². The van der Waals surface area contributed by atoms with Crippen molar-refractivity contribution in [3.8, 4) is 11.4 Å². The predicted octanol–water partition coefficient (Wildman–Crippen LogP) is 2.19. The van der Waals surface area contributed by atoms with Crippen LogP contribution in [0.4, 0.5) is 5.69 Å². The van der Waals surface area contributed by atoms with Crippen LogP contribution >= 0.6 is 0 Å². The van der Waals surface area contributed by atoms with Crippen molar-refractivity contribution < 1.29 is 4.79 Å². The van der Waals surface area contributed by atoms with Crippen molar-refractivity contribution in [2.45, 2.75) is 25.7 Å². The van der Waals surface area contributed by atoms with Gasteiger partial charge in [0.1, 0.15) is 6.33 Å². The van der Waals surface area contributed by atoms with Crippen molar-refractivity contribution in [1.29, 1.82) is 0 Å². The number of nitrogens with one attached hydrogen (secondary N) is 3. The minimum absolute atomic E-state index is 0.0888. The lowest BCUT2D eigenvalue weighted by Crippen LogP contribution is -2.28. The molecule has 0 radical (unpaired) electrons. The van der Waals surface area contributed by atoms with E-state index in [1.807, 2.05) is 24.3 Å². The Morgan fingerprint density at radius 1 is 1.23 bits per heavy atom. The number of H-pyrrole nitrogens is 1. The lowest BCUT2D eigenvalue weighted by atomic mass is 9.93. The molecule has 2 heterocycles. The van der Waals surface area contributed by atoms with E-state index in [2.05, 4.69) is 25.8 Å². The fourth-order valence-corrected chi connectivity index (χ4v) is 2.79. The van der Waals surface area contributed by atoms with E-state index in [1.54, 1.807) is 0 Å². The van der Waals surface area contributed by atoms with E-state index < -0.39 is 0 Å². The Bertz CT molecular complexity index is 588. The van der Waals surface area contributed by atoms with Crippen LogP contribution in [0.25, 0.3) is 11.4 Å². The van der Waals surface area contributed by atoms with Crippen LogP contribution in [0.3, 0.4) is 0 Å². The van der Waals surface area contributed by atoms with Crippen LogP contribution < -0.4 is 10.6 Å². The molecule has 6 nitrogen and oxygen atoms in total. The zero-order chi connectivity index (χ0) is 15.2. The maximum atomic E-state index is 12.0. The molecule has 116 valence electrons. The lowest BCUT2D eigenvalue weighted by Gasteiger charge is -2.22. The van der Waals surface area contributed by atoms with Crippen LogP contribution in [0.15, 0.2) is 30.6 Å². The maximum Gasteiger partial charge on any atom is 0.224 e. The Hall–Kier alpha value is -2.21. The minimum atomic E-state index is 0.0888. The third-order valence-electron chi connectivity index (χ3n) is 4.10. The van der Waals surface area contributed by atoms with E-state index in [0.717, 1.165) is 36.6 Å². The van der Waals surface area contributed by atoms with Gasteiger partial charge in [0, 0.05) is 17.7 Å². The number of nitrogens with zero attached hydrogens (tertiary/aromatic N) is 2. The van der Waals surface area contributed by atoms with Gasteiger partial charge in [-0.05, 0) is 62.5 Å². The van der Waals surface area contributed by atoms with Crippen molar-refractivity contribution in [3.63, 3.8) is 0 Å². The van der Waals surface area contributed by atoms with Crippen molar-refractivity contribution >= 4 is 11.6 Å². The molecule has 1 aliphatic rings. The molecule has 0 unspecified atom stereocenters. The smallest absolute Gasteiger partial charge is 0.224 e. The number of aromatic nitrogens is 3. The van der Waals surface area contributed by atoms with Gasteiger partial charge in [0.2, 0.25) is 5.91 Å². The fraction of sp³-hybridized carbons (Fsp3) is 0.438. The molecule has 22 heavy (non-hydrogen) atoms. The number of carbonyl (C=O) groups is 1. The van der Waals surface area contributed by atoms with E-state index in [1.165, 1.54) is 19.2 Å². The highest BCUT2D eigenvalue weighted by Gasteiger charge is 2.14. The van der Waals surface area contributed by atoms with Gasteiger partial charge in [0.15, 0.2) is 5.82 Å². The van der Waals surface area contributed by atoms with Crippen LogP contribution in [0, 0.1) is 5.92 Å². The summed E-state index contributed by atoms with van der Waals surface area (Å²) in [4.78, 5) is 16.1. The monoisotopic (exact) mass is 299 g/mol. The molecule has 6 heteroatoms. The molecule has 1 aliphatic heterocycles. The Morgan fingerprint density at radius 3 is 2.68 bits per heavy atom. The summed E-state index contributed by atoms with van der Waals surface area (Å²) in [6.07, 6.45) is 5.41. The molecule has 3 N–H and O–H groups in total. The molecule has 1 saturated heterocycles. The van der Waals surface area contributed by atoms with Crippen LogP contribution in [-0.4, -0.2) is 34.2 Å². The summed E-state index contributed by atoms with van der Waals surface area (Å²) in [7, 11) is 0. The Morgan fingerprint density at radius 2 is 2.00 bits per heavy atom. The van der Waals surface area contributed by atoms with E-state index in [0.29, 0.717) is 12.3 Å². The number of anilines is 1. The van der Waals surface area contributed by atoms with Gasteiger partial charge in [-0.25, -0.2) is 4.98 Å². The summed E-state index contributed by atoms with van der Waals surface area (Å²) in [6.45, 7) is 2.16. The second-order valence-electron chi connectivity index (χ2n) is 5.69. The lowest BCUT2D eigenvalue weighted by molar-refractivity contribution is -0.116. The zero-order valence-corrected chi connectivity index (χ0v) is 12.5. The largest absolute Gasteiger partial charge is 0.326 e. The third kappa shape index (κ3) is 3.92. The van der Waals surface area contributed by atoms with Gasteiger partial charge in [0.25, 0.3) is 0 Å². The molecular formula is C16H21N5O. The Kier molecular flexibility index (Phi) is 4.80. The minimum Gasteiger partial charge on any atom is -0.326 e. The highest BCUT2D eigenvalue weighted by atomic mass is 16.1. The average molecular weight is 299 g/mol. The van der Waals surface area contributed by atoms with Crippen molar-refractivity contribution in [3.05, 3.63) is 30.6 Å². The molecule has 0 bridgehead atoms. The molecule has 0 saturated carbocycles. The van der Waals surface area contributed by atoms with Gasteiger partial charge in [-0.2, -0.15) is 5.10 Å². The van der Waals surface area contributed by atoms with E-state index in [-0.39, 0.29) is 5.91 Å². The molecule has 1 fully saturated rings. The number of carbonyl (C=O) groups excluding carboxylic acids is 1. The summed E-state index contributed by atoms with van der Waals surface area (Å²) in [5.41, 5.74) is 1.77. The summed E-state index contributed by atoms with van der Waals surface area (Å²) >= 11 is 0. The van der Waals surface area contributed by atoms with E-state index in [9.17, 15) is 4.79 Å². The summed E-state index contributed by atoms with van der Waals surface area (Å²) in [5.74, 6) is 1.50. The number of amides is 1. The molecule has 3 rings (SSSR count). The number of aromatic amines is 1. The van der Waals surface area contributed by atoms with Crippen molar-refractivity contribution in [2.75, 3.05) is 18.4 Å². The van der Waals surface area contributed by atoms with Crippen LogP contribution in [0.1, 0.15) is 25.7 Å². The molecule has 1 aromatic carbocycles. The SMILES string of the molecule is O=C(CCC1CCNCC1)Nc1ccc(-c2ncn[nH]2)cc1. The molecule has 1 amide bonds. The van der Waals surface area contributed by atoms with Crippen molar-refractivity contribution in [1.82, 2.24) is 20.5 Å². The molecule has 2 aromatic rings. The van der Waals surface area contributed by atoms with Gasteiger partial charge in [-0.15, -0.1) is 0 Å². The van der Waals surface area contributed by atoms with Gasteiger partial charge >= 0.3 is 0 Å². The van der Waals surface area contributed by atoms with E-state index in [4.69, 9.17) is 0 Å². The maximum absolute atomic E-state index is 12.0. The van der Waals surface area contributed by atoms with Crippen LogP contribution in [-0.2, 0) is 4.79 Å². The van der Waals surface area contributed by atoms with Gasteiger partial charge in [0.05, 0.1) is 0 Å². The first-order chi connectivity index (χ1) is 10.8. The molecule has 0 aliphatic carbocycles. The average Bonchev–Trinajstić information content (AvgIpc) is 3.09. The summed E-state index contributed by atoms with van der Waals surface area (Å²) in [6, 6.07) is 7.62.